The van der Waals surface area contributed by atoms with E-state index in [9.17, 15) is 24.6 Å². The van der Waals surface area contributed by atoms with Crippen molar-refractivity contribution in [3.63, 3.8) is 0 Å². The number of nitrogens with two attached hydrogens (primary N) is 1. The van der Waals surface area contributed by atoms with Gasteiger partial charge in [0.15, 0.2) is 5.69 Å². The van der Waals surface area contributed by atoms with E-state index in [1.807, 2.05) is 0 Å². The molecule has 0 saturated carbocycles. The van der Waals surface area contributed by atoms with Crippen LogP contribution in [0, 0.1) is 0 Å². The summed E-state index contributed by atoms with van der Waals surface area (Å²) in [6, 6.07) is 12.2. The summed E-state index contributed by atoms with van der Waals surface area (Å²) in [5.41, 5.74) is 7.26. The van der Waals surface area contributed by atoms with Crippen molar-refractivity contribution in [2.75, 3.05) is 19.5 Å². The Bertz CT molecular complexity index is 1440. The van der Waals surface area contributed by atoms with Gasteiger partial charge in [0.1, 0.15) is 21.7 Å². The largest absolute Gasteiger partial charge is 0.508 e. The summed E-state index contributed by atoms with van der Waals surface area (Å²) in [4.78, 5) is 39.7. The second-order valence-electron chi connectivity index (χ2n) is 7.56. The number of hydrogen-bond acceptors (Lipinski definition) is 9. The number of phenols is 2. The number of hydrogen-bond donors (Lipinski definition) is 3. The molecule has 10 heteroatoms. The first kappa shape index (κ1) is 24.0. The van der Waals surface area contributed by atoms with Gasteiger partial charge in [-0.15, -0.1) is 0 Å². The summed E-state index contributed by atoms with van der Waals surface area (Å²) >= 11 is 0.980. The van der Waals surface area contributed by atoms with Gasteiger partial charge < -0.3 is 25.4 Å². The molecule has 1 aromatic heterocycles. The Kier molecular flexibility index (Phi) is 6.57. The number of fused-ring (bicyclic) bond motifs is 1. The van der Waals surface area contributed by atoms with E-state index in [4.69, 9.17) is 15.2 Å². The number of thioether (sulfide) groups is 1. The summed E-state index contributed by atoms with van der Waals surface area (Å²) < 4.78 is 11.3. The lowest BCUT2D eigenvalue weighted by molar-refractivity contribution is -0.135. The molecular weight excluding hydrogens is 472 g/mol. The molecule has 3 aromatic rings. The molecule has 180 valence electrons. The fourth-order valence-electron chi connectivity index (χ4n) is 3.78. The average Bonchev–Trinajstić information content (AvgIpc) is 3.13. The molecule has 2 aromatic carbocycles. The summed E-state index contributed by atoms with van der Waals surface area (Å²) in [7, 11) is 1.17. The fraction of sp³-hybridized carbons (Fsp3) is 0.160. The van der Waals surface area contributed by atoms with Gasteiger partial charge >= 0.3 is 11.9 Å². The predicted molar refractivity (Wildman–Crippen MR) is 130 cm³/mol. The van der Waals surface area contributed by atoms with Crippen molar-refractivity contribution in [3.05, 3.63) is 75.9 Å². The molecule has 0 fully saturated rings. The SMILES string of the molecule is CCOC(=O)C1=c2/c(=C/c3ccc(O)cc3)c(N)c(C(=O)OC)n2C(=O)[C@H](c2ccc(O)cc2)S1. The number of aromatic hydroxyl groups is 2. The van der Waals surface area contributed by atoms with Crippen LogP contribution in [0.25, 0.3) is 11.0 Å². The number of benzene rings is 2. The highest BCUT2D eigenvalue weighted by Crippen LogP contribution is 2.40. The van der Waals surface area contributed by atoms with Gasteiger partial charge in [-0.1, -0.05) is 36.0 Å². The highest BCUT2D eigenvalue weighted by Gasteiger charge is 2.38. The van der Waals surface area contributed by atoms with Crippen molar-refractivity contribution < 1.29 is 34.1 Å². The van der Waals surface area contributed by atoms with E-state index in [1.54, 1.807) is 37.3 Å². The predicted octanol–water partition coefficient (Wildman–Crippen LogP) is 1.90. The number of methoxy groups -OCH3 is 1. The van der Waals surface area contributed by atoms with Crippen molar-refractivity contribution in [2.24, 2.45) is 0 Å². The van der Waals surface area contributed by atoms with Crippen LogP contribution in [0.3, 0.4) is 0 Å². The molecule has 0 unspecified atom stereocenters. The van der Waals surface area contributed by atoms with E-state index in [2.05, 4.69) is 0 Å². The quantitative estimate of drug-likeness (QED) is 0.454. The van der Waals surface area contributed by atoms with Crippen LogP contribution >= 0.6 is 11.8 Å². The molecule has 1 atom stereocenters. The Morgan fingerprint density at radius 2 is 1.66 bits per heavy atom. The van der Waals surface area contributed by atoms with Crippen LogP contribution in [-0.2, 0) is 14.3 Å². The molecule has 2 heterocycles. The van der Waals surface area contributed by atoms with E-state index in [1.165, 1.54) is 31.4 Å². The monoisotopic (exact) mass is 494 g/mol. The lowest BCUT2D eigenvalue weighted by Gasteiger charge is -2.23. The van der Waals surface area contributed by atoms with Gasteiger partial charge in [-0.05, 0) is 48.4 Å². The van der Waals surface area contributed by atoms with E-state index < -0.39 is 23.1 Å². The molecule has 4 N–H and O–H groups in total. The van der Waals surface area contributed by atoms with Crippen LogP contribution in [-0.4, -0.2) is 46.3 Å². The number of anilines is 1. The Morgan fingerprint density at radius 3 is 2.23 bits per heavy atom. The fourth-order valence-corrected chi connectivity index (χ4v) is 4.98. The van der Waals surface area contributed by atoms with Crippen LogP contribution in [0.4, 0.5) is 5.69 Å². The molecular formula is C25H22N2O7S. The van der Waals surface area contributed by atoms with Gasteiger partial charge in [0, 0.05) is 5.22 Å². The Balaban J connectivity index is 2.09. The minimum atomic E-state index is -0.917. The van der Waals surface area contributed by atoms with E-state index >= 15 is 0 Å². The molecule has 9 nitrogen and oxygen atoms in total. The summed E-state index contributed by atoms with van der Waals surface area (Å²) in [5, 5.41) is 18.7. The first-order valence-corrected chi connectivity index (χ1v) is 11.4. The number of phenolic OH excluding ortho intramolecular Hbond substituents is 2. The molecule has 35 heavy (non-hydrogen) atoms. The zero-order chi connectivity index (χ0) is 25.3. The van der Waals surface area contributed by atoms with E-state index in [0.717, 1.165) is 16.3 Å². The average molecular weight is 495 g/mol. The van der Waals surface area contributed by atoms with Crippen molar-refractivity contribution in [1.29, 1.82) is 0 Å². The van der Waals surface area contributed by atoms with Crippen LogP contribution < -0.4 is 16.3 Å². The van der Waals surface area contributed by atoms with Gasteiger partial charge in [0.25, 0.3) is 0 Å². The van der Waals surface area contributed by atoms with Crippen LogP contribution in [0.1, 0.15) is 38.6 Å². The Labute approximate surface area is 204 Å². The van der Waals surface area contributed by atoms with Crippen molar-refractivity contribution in [2.45, 2.75) is 12.2 Å². The number of aromatic nitrogens is 1. The molecule has 1 aliphatic rings. The van der Waals surface area contributed by atoms with Crippen molar-refractivity contribution in [1.82, 2.24) is 4.57 Å². The van der Waals surface area contributed by atoms with Gasteiger partial charge in [0.05, 0.1) is 24.8 Å². The summed E-state index contributed by atoms with van der Waals surface area (Å²) in [6.45, 7) is 1.75. The highest BCUT2D eigenvalue weighted by atomic mass is 32.2. The minimum Gasteiger partial charge on any atom is -0.508 e. The summed E-state index contributed by atoms with van der Waals surface area (Å²) in [6.07, 6.45) is 1.61. The number of esters is 2. The van der Waals surface area contributed by atoms with Gasteiger partial charge in [-0.2, -0.15) is 0 Å². The van der Waals surface area contributed by atoms with E-state index in [0.29, 0.717) is 11.1 Å². The second kappa shape index (κ2) is 9.59. The maximum Gasteiger partial charge on any atom is 0.357 e. The number of rotatable bonds is 5. The van der Waals surface area contributed by atoms with Crippen LogP contribution in [0.15, 0.2) is 48.5 Å². The third-order valence-electron chi connectivity index (χ3n) is 5.38. The standard InChI is InChI=1S/C25H22N2O7S/c1-3-34-25(32)22-19-17(12-13-4-8-15(28)9-5-13)18(26)20(24(31)33-2)27(19)23(30)21(35-22)14-6-10-16(29)11-7-14/h4-12,21,28-29H,3,26H2,1-2H3/b17-12+/t21-/m0/s1. The normalized spacial score (nSPS) is 15.6. The maximum atomic E-state index is 13.7. The second-order valence-corrected chi connectivity index (χ2v) is 8.68. The lowest BCUT2D eigenvalue weighted by atomic mass is 10.1. The van der Waals surface area contributed by atoms with Crippen LogP contribution in [0.2, 0.25) is 0 Å². The van der Waals surface area contributed by atoms with Gasteiger partial charge in [0.2, 0.25) is 5.91 Å². The van der Waals surface area contributed by atoms with Crippen molar-refractivity contribution >= 4 is 46.3 Å². The zero-order valence-electron chi connectivity index (χ0n) is 18.8. The van der Waals surface area contributed by atoms with Gasteiger partial charge in [-0.25, -0.2) is 9.59 Å². The third-order valence-corrected chi connectivity index (χ3v) is 6.69. The van der Waals surface area contributed by atoms with Crippen LogP contribution in [0.5, 0.6) is 11.5 Å². The molecule has 0 bridgehead atoms. The third kappa shape index (κ3) is 4.35. The molecule has 0 saturated heterocycles. The molecule has 0 radical (unpaired) electrons. The molecule has 4 rings (SSSR count). The Hall–Kier alpha value is -4.18. The highest BCUT2D eigenvalue weighted by molar-refractivity contribution is 8.10. The number of carbonyl (C=O) groups excluding carboxylic acids is 3. The van der Waals surface area contributed by atoms with Gasteiger partial charge in [-0.3, -0.25) is 9.36 Å². The first-order chi connectivity index (χ1) is 16.8. The number of nitrogens with zero attached hydrogens (tertiary/aromatic N) is 1. The maximum absolute atomic E-state index is 13.7. The number of carbonyl (C=O) groups is 3. The molecule has 0 aliphatic carbocycles. The minimum absolute atomic E-state index is 0.0172. The number of nitrogen functional groups attached to an aromatic ring is 1. The topological polar surface area (TPSA) is 141 Å². The molecule has 1 aliphatic heterocycles. The number of ether oxygens (including phenoxy) is 2. The van der Waals surface area contributed by atoms with E-state index in [-0.39, 0.29) is 45.0 Å². The lowest BCUT2D eigenvalue weighted by Crippen LogP contribution is -2.42. The Morgan fingerprint density at radius 1 is 1.06 bits per heavy atom. The first-order valence-electron chi connectivity index (χ1n) is 10.6. The van der Waals surface area contributed by atoms with Crippen molar-refractivity contribution in [3.8, 4) is 11.5 Å². The smallest absolute Gasteiger partial charge is 0.357 e. The molecule has 0 spiro atoms. The summed E-state index contributed by atoms with van der Waals surface area (Å²) in [5.74, 6) is -1.96. The zero-order valence-corrected chi connectivity index (χ0v) is 19.7. The molecule has 0 amide bonds.